The third-order valence-electron chi connectivity index (χ3n) is 2.98. The van der Waals surface area contributed by atoms with E-state index in [0.717, 1.165) is 0 Å². The summed E-state index contributed by atoms with van der Waals surface area (Å²) in [4.78, 5) is 0. The molecule has 0 heterocycles. The molecule has 2 aromatic carbocycles. The number of hydrogen-bond acceptors (Lipinski definition) is 2. The molecule has 2 N–H and O–H groups in total. The first-order valence-corrected chi connectivity index (χ1v) is 5.94. The topological polar surface area (TPSA) is 35.2 Å². The summed E-state index contributed by atoms with van der Waals surface area (Å²) in [6.45, 7) is 0. The van der Waals surface area contributed by atoms with Crippen molar-refractivity contribution in [1.29, 1.82) is 0 Å². The lowest BCUT2D eigenvalue weighted by Gasteiger charge is -2.13. The van der Waals surface area contributed by atoms with Crippen LogP contribution in [-0.2, 0) is 6.42 Å². The Kier molecular flexibility index (Phi) is 4.12. The van der Waals surface area contributed by atoms with Crippen LogP contribution in [0.5, 0.6) is 5.75 Å². The molecule has 1 unspecified atom stereocenters. The van der Waals surface area contributed by atoms with E-state index in [0.29, 0.717) is 17.5 Å². The number of rotatable bonds is 4. The van der Waals surface area contributed by atoms with Crippen molar-refractivity contribution in [3.05, 3.63) is 65.2 Å². The van der Waals surface area contributed by atoms with Crippen LogP contribution in [0.1, 0.15) is 17.2 Å². The van der Waals surface area contributed by atoms with Gasteiger partial charge in [0.25, 0.3) is 0 Å². The summed E-state index contributed by atoms with van der Waals surface area (Å²) in [5, 5.41) is 0. The van der Waals surface area contributed by atoms with Gasteiger partial charge in [-0.2, -0.15) is 0 Å². The van der Waals surface area contributed by atoms with Gasteiger partial charge in [0.15, 0.2) is 11.6 Å². The van der Waals surface area contributed by atoms with Crippen LogP contribution in [0.2, 0.25) is 0 Å². The standard InChI is InChI=1S/C15H15F2NO/c1-19-15-7-6-10(8-13(15)17)9-14(18)11-4-2-3-5-12(11)16/h2-8,14H,9,18H2,1H3. The molecule has 0 saturated heterocycles. The van der Waals surface area contributed by atoms with E-state index < -0.39 is 11.9 Å². The Morgan fingerprint density at radius 2 is 1.84 bits per heavy atom. The average molecular weight is 263 g/mol. The van der Waals surface area contributed by atoms with E-state index in [9.17, 15) is 8.78 Å². The molecule has 19 heavy (non-hydrogen) atoms. The van der Waals surface area contributed by atoms with E-state index in [-0.39, 0.29) is 11.6 Å². The number of methoxy groups -OCH3 is 1. The molecule has 2 nitrogen and oxygen atoms in total. The fourth-order valence-electron chi connectivity index (χ4n) is 1.98. The second-order valence-corrected chi connectivity index (χ2v) is 4.30. The maximum atomic E-state index is 13.6. The molecule has 0 bridgehead atoms. The van der Waals surface area contributed by atoms with Crippen LogP contribution in [0, 0.1) is 11.6 Å². The summed E-state index contributed by atoms with van der Waals surface area (Å²) in [6.07, 6.45) is 0.363. The van der Waals surface area contributed by atoms with Crippen LogP contribution in [-0.4, -0.2) is 7.11 Å². The van der Waals surface area contributed by atoms with Crippen LogP contribution in [0.15, 0.2) is 42.5 Å². The van der Waals surface area contributed by atoms with Gasteiger partial charge in [-0.05, 0) is 30.2 Å². The van der Waals surface area contributed by atoms with Crippen molar-refractivity contribution in [3.8, 4) is 5.75 Å². The zero-order valence-corrected chi connectivity index (χ0v) is 10.6. The van der Waals surface area contributed by atoms with Crippen LogP contribution in [0.25, 0.3) is 0 Å². The quantitative estimate of drug-likeness (QED) is 0.919. The first-order chi connectivity index (χ1) is 9.11. The van der Waals surface area contributed by atoms with Crippen molar-refractivity contribution in [1.82, 2.24) is 0 Å². The van der Waals surface area contributed by atoms with Gasteiger partial charge in [-0.1, -0.05) is 24.3 Å². The number of nitrogens with two attached hydrogens (primary N) is 1. The van der Waals surface area contributed by atoms with Gasteiger partial charge in [0.2, 0.25) is 0 Å². The SMILES string of the molecule is COc1ccc(CC(N)c2ccccc2F)cc1F. The molecule has 0 radical (unpaired) electrons. The van der Waals surface area contributed by atoms with E-state index in [1.807, 2.05) is 0 Å². The Bertz CT molecular complexity index is 572. The minimum absolute atomic E-state index is 0.184. The van der Waals surface area contributed by atoms with Crippen LogP contribution < -0.4 is 10.5 Å². The maximum Gasteiger partial charge on any atom is 0.165 e. The lowest BCUT2D eigenvalue weighted by atomic mass is 9.99. The molecular formula is C15H15F2NO. The zero-order valence-electron chi connectivity index (χ0n) is 10.6. The Hall–Kier alpha value is -1.94. The highest BCUT2D eigenvalue weighted by Crippen LogP contribution is 2.22. The van der Waals surface area contributed by atoms with Crippen molar-refractivity contribution in [3.63, 3.8) is 0 Å². The summed E-state index contributed by atoms with van der Waals surface area (Å²) in [7, 11) is 1.41. The van der Waals surface area contributed by atoms with E-state index in [1.54, 1.807) is 30.3 Å². The van der Waals surface area contributed by atoms with Gasteiger partial charge in [-0.25, -0.2) is 8.78 Å². The fourth-order valence-corrected chi connectivity index (χ4v) is 1.98. The number of hydrogen-bond donors (Lipinski definition) is 1. The maximum absolute atomic E-state index is 13.6. The van der Waals surface area contributed by atoms with Gasteiger partial charge in [0.1, 0.15) is 5.82 Å². The van der Waals surface area contributed by atoms with Gasteiger partial charge >= 0.3 is 0 Å². The highest BCUT2D eigenvalue weighted by atomic mass is 19.1. The third kappa shape index (κ3) is 3.09. The molecule has 0 aliphatic heterocycles. The van der Waals surface area contributed by atoms with Gasteiger partial charge in [-0.15, -0.1) is 0 Å². The minimum atomic E-state index is -0.506. The highest BCUT2D eigenvalue weighted by molar-refractivity contribution is 5.31. The van der Waals surface area contributed by atoms with Gasteiger partial charge < -0.3 is 10.5 Å². The van der Waals surface area contributed by atoms with E-state index in [1.165, 1.54) is 19.2 Å². The predicted octanol–water partition coefficient (Wildman–Crippen LogP) is 3.22. The van der Waals surface area contributed by atoms with Crippen molar-refractivity contribution in [2.75, 3.05) is 7.11 Å². The molecule has 0 spiro atoms. The summed E-state index contributed by atoms with van der Waals surface area (Å²) < 4.78 is 32.0. The molecule has 0 aliphatic rings. The molecule has 0 aromatic heterocycles. The molecule has 0 amide bonds. The first kappa shape index (κ1) is 13.5. The second-order valence-electron chi connectivity index (χ2n) is 4.30. The number of halogens is 2. The minimum Gasteiger partial charge on any atom is -0.494 e. The molecule has 0 saturated carbocycles. The molecule has 4 heteroatoms. The average Bonchev–Trinajstić information content (AvgIpc) is 2.39. The van der Waals surface area contributed by atoms with Crippen LogP contribution in [0.4, 0.5) is 8.78 Å². The first-order valence-electron chi connectivity index (χ1n) is 5.94. The Morgan fingerprint density at radius 3 is 2.47 bits per heavy atom. The van der Waals surface area contributed by atoms with Crippen molar-refractivity contribution in [2.45, 2.75) is 12.5 Å². The summed E-state index contributed by atoms with van der Waals surface area (Å²) in [6, 6.07) is 10.5. The molecule has 2 aromatic rings. The molecular weight excluding hydrogens is 248 g/mol. The Labute approximate surface area is 110 Å². The largest absolute Gasteiger partial charge is 0.494 e. The van der Waals surface area contributed by atoms with E-state index in [2.05, 4.69) is 0 Å². The molecule has 2 rings (SSSR count). The number of benzene rings is 2. The van der Waals surface area contributed by atoms with Crippen LogP contribution in [0.3, 0.4) is 0 Å². The normalized spacial score (nSPS) is 12.2. The van der Waals surface area contributed by atoms with Gasteiger partial charge in [0.05, 0.1) is 7.11 Å². The van der Waals surface area contributed by atoms with Gasteiger partial charge in [0, 0.05) is 11.6 Å². The Balaban J connectivity index is 2.17. The highest BCUT2D eigenvalue weighted by Gasteiger charge is 2.12. The summed E-state index contributed by atoms with van der Waals surface area (Å²) in [5.41, 5.74) is 7.09. The fraction of sp³-hybridized carbons (Fsp3) is 0.200. The van der Waals surface area contributed by atoms with Crippen molar-refractivity contribution >= 4 is 0 Å². The number of ether oxygens (including phenoxy) is 1. The predicted molar refractivity (Wildman–Crippen MR) is 70.0 cm³/mol. The Morgan fingerprint density at radius 1 is 1.11 bits per heavy atom. The molecule has 0 aliphatic carbocycles. The molecule has 100 valence electrons. The van der Waals surface area contributed by atoms with Crippen molar-refractivity contribution in [2.24, 2.45) is 5.73 Å². The summed E-state index contributed by atoms with van der Waals surface area (Å²) in [5.74, 6) is -0.604. The third-order valence-corrected chi connectivity index (χ3v) is 2.98. The van der Waals surface area contributed by atoms with Gasteiger partial charge in [-0.3, -0.25) is 0 Å². The molecule has 1 atom stereocenters. The monoisotopic (exact) mass is 263 g/mol. The second kappa shape index (κ2) is 5.80. The lowest BCUT2D eigenvalue weighted by molar-refractivity contribution is 0.386. The lowest BCUT2D eigenvalue weighted by Crippen LogP contribution is -2.15. The zero-order chi connectivity index (χ0) is 13.8. The van der Waals surface area contributed by atoms with Crippen molar-refractivity contribution < 1.29 is 13.5 Å². The van der Waals surface area contributed by atoms with E-state index >= 15 is 0 Å². The van der Waals surface area contributed by atoms with E-state index in [4.69, 9.17) is 10.5 Å². The summed E-state index contributed by atoms with van der Waals surface area (Å²) >= 11 is 0. The molecule has 0 fully saturated rings. The smallest absolute Gasteiger partial charge is 0.165 e. The van der Waals surface area contributed by atoms with Crippen LogP contribution >= 0.6 is 0 Å².